The second-order valence-electron chi connectivity index (χ2n) is 3.73. The van der Waals surface area contributed by atoms with Crippen molar-refractivity contribution in [2.24, 2.45) is 5.92 Å². The molecule has 0 saturated heterocycles. The number of rotatable bonds is 5. The maximum absolute atomic E-state index is 11.0. The molecule has 0 aliphatic heterocycles. The van der Waals surface area contributed by atoms with Gasteiger partial charge in [0.05, 0.1) is 12.0 Å². The van der Waals surface area contributed by atoms with Crippen LogP contribution in [0.15, 0.2) is 28.7 Å². The zero-order valence-electron chi connectivity index (χ0n) is 9.06. The lowest BCUT2D eigenvalue weighted by Gasteiger charge is -2.19. The number of carbonyl (C=O) groups is 1. The molecule has 1 rings (SSSR count). The van der Waals surface area contributed by atoms with Crippen molar-refractivity contribution in [3.63, 3.8) is 0 Å². The monoisotopic (exact) mass is 286 g/mol. The van der Waals surface area contributed by atoms with Gasteiger partial charge in [0.25, 0.3) is 0 Å². The van der Waals surface area contributed by atoms with Crippen molar-refractivity contribution in [1.82, 2.24) is 0 Å². The predicted molar refractivity (Wildman–Crippen MR) is 65.1 cm³/mol. The largest absolute Gasteiger partial charge is 0.481 e. The molecule has 1 aromatic rings. The van der Waals surface area contributed by atoms with Crippen molar-refractivity contribution < 1.29 is 15.0 Å². The average Bonchev–Trinajstić information content (AvgIpc) is 2.24. The minimum Gasteiger partial charge on any atom is -0.481 e. The summed E-state index contributed by atoms with van der Waals surface area (Å²) in [5.74, 6) is -1.69. The first-order valence-electron chi connectivity index (χ1n) is 5.22. The van der Waals surface area contributed by atoms with Gasteiger partial charge in [-0.2, -0.15) is 0 Å². The first-order chi connectivity index (χ1) is 7.56. The minimum atomic E-state index is -0.950. The summed E-state index contributed by atoms with van der Waals surface area (Å²) >= 11 is 3.30. The molecule has 2 unspecified atom stereocenters. The van der Waals surface area contributed by atoms with Crippen LogP contribution in [0.1, 0.15) is 31.4 Å². The maximum atomic E-state index is 11.0. The number of hydrogen-bond donors (Lipinski definition) is 2. The Bertz CT molecular complexity index is 365. The first-order valence-corrected chi connectivity index (χ1v) is 6.02. The molecule has 0 heterocycles. The third-order valence-electron chi connectivity index (χ3n) is 2.49. The van der Waals surface area contributed by atoms with Crippen LogP contribution in [0.25, 0.3) is 0 Å². The molecule has 0 aliphatic carbocycles. The van der Waals surface area contributed by atoms with Crippen LogP contribution in [0, 0.1) is 5.92 Å². The lowest BCUT2D eigenvalue weighted by molar-refractivity contribution is -0.146. The molecule has 0 aliphatic rings. The molecule has 3 nitrogen and oxygen atoms in total. The second kappa shape index (κ2) is 6.01. The number of halogens is 1. The van der Waals surface area contributed by atoms with Crippen LogP contribution in [-0.2, 0) is 4.79 Å². The van der Waals surface area contributed by atoms with E-state index in [1.807, 2.05) is 13.0 Å². The molecule has 0 saturated carbocycles. The highest BCUT2D eigenvalue weighted by Gasteiger charge is 2.26. The molecule has 2 atom stereocenters. The maximum Gasteiger partial charge on any atom is 0.309 e. The summed E-state index contributed by atoms with van der Waals surface area (Å²) in [7, 11) is 0. The highest BCUT2D eigenvalue weighted by Crippen LogP contribution is 2.27. The van der Waals surface area contributed by atoms with Gasteiger partial charge in [0.15, 0.2) is 0 Å². The Morgan fingerprint density at radius 3 is 2.69 bits per heavy atom. The highest BCUT2D eigenvalue weighted by atomic mass is 79.9. The van der Waals surface area contributed by atoms with Crippen molar-refractivity contribution in [2.75, 3.05) is 0 Å². The lowest BCUT2D eigenvalue weighted by Crippen LogP contribution is -2.21. The van der Waals surface area contributed by atoms with Crippen LogP contribution < -0.4 is 0 Å². The van der Waals surface area contributed by atoms with Crippen molar-refractivity contribution in [1.29, 1.82) is 0 Å². The number of aliphatic hydroxyl groups excluding tert-OH is 1. The van der Waals surface area contributed by atoms with Crippen LogP contribution in [-0.4, -0.2) is 16.2 Å². The van der Waals surface area contributed by atoms with E-state index in [2.05, 4.69) is 15.9 Å². The van der Waals surface area contributed by atoms with Gasteiger partial charge < -0.3 is 10.2 Å². The molecule has 0 spiro atoms. The number of benzene rings is 1. The Morgan fingerprint density at radius 1 is 1.50 bits per heavy atom. The molecule has 0 radical (unpaired) electrons. The van der Waals surface area contributed by atoms with Gasteiger partial charge in [-0.3, -0.25) is 4.79 Å². The molecule has 88 valence electrons. The lowest BCUT2D eigenvalue weighted by atomic mass is 9.92. The van der Waals surface area contributed by atoms with Gasteiger partial charge in [-0.05, 0) is 24.1 Å². The standard InChI is InChI=1S/C12H15BrO3/c1-2-4-10(12(15)16)11(14)8-5-3-6-9(13)7-8/h3,5-7,10-11,14H,2,4H2,1H3,(H,15,16). The third-order valence-corrected chi connectivity index (χ3v) is 2.98. The predicted octanol–water partition coefficient (Wildman–Crippen LogP) is 2.98. The number of aliphatic hydroxyl groups is 1. The zero-order chi connectivity index (χ0) is 12.1. The van der Waals surface area contributed by atoms with E-state index in [-0.39, 0.29) is 0 Å². The summed E-state index contributed by atoms with van der Waals surface area (Å²) in [4.78, 5) is 11.0. The molecular weight excluding hydrogens is 272 g/mol. The van der Waals surface area contributed by atoms with Gasteiger partial charge in [0.1, 0.15) is 0 Å². The average molecular weight is 287 g/mol. The number of hydrogen-bond acceptors (Lipinski definition) is 2. The van der Waals surface area contributed by atoms with Crippen LogP contribution in [0.2, 0.25) is 0 Å². The fraction of sp³-hybridized carbons (Fsp3) is 0.417. The Balaban J connectivity index is 2.89. The summed E-state index contributed by atoms with van der Waals surface area (Å²) in [5.41, 5.74) is 0.634. The number of carboxylic acid groups (broad SMARTS) is 1. The molecule has 0 amide bonds. The molecule has 1 aromatic carbocycles. The van der Waals surface area contributed by atoms with Crippen molar-refractivity contribution >= 4 is 21.9 Å². The molecule has 2 N–H and O–H groups in total. The van der Waals surface area contributed by atoms with Gasteiger partial charge in [-0.25, -0.2) is 0 Å². The van der Waals surface area contributed by atoms with E-state index in [1.54, 1.807) is 18.2 Å². The summed E-state index contributed by atoms with van der Waals surface area (Å²) in [6.07, 6.45) is 0.264. The zero-order valence-corrected chi connectivity index (χ0v) is 10.6. The van der Waals surface area contributed by atoms with E-state index in [4.69, 9.17) is 5.11 Å². The molecule has 0 bridgehead atoms. The Labute approximate surface area is 103 Å². The molecule has 0 fully saturated rings. The molecule has 0 aromatic heterocycles. The van der Waals surface area contributed by atoms with Gasteiger partial charge >= 0.3 is 5.97 Å². The Kier molecular flexibility index (Phi) is 4.96. The summed E-state index contributed by atoms with van der Waals surface area (Å²) in [6, 6.07) is 7.11. The quantitative estimate of drug-likeness (QED) is 0.875. The number of aliphatic carboxylic acids is 1. The van der Waals surface area contributed by atoms with E-state index in [0.29, 0.717) is 12.0 Å². The summed E-state index contributed by atoms with van der Waals surface area (Å²) in [5, 5.41) is 19.0. The van der Waals surface area contributed by atoms with E-state index < -0.39 is 18.0 Å². The van der Waals surface area contributed by atoms with Crippen molar-refractivity contribution in [3.05, 3.63) is 34.3 Å². The number of carboxylic acids is 1. The van der Waals surface area contributed by atoms with E-state index >= 15 is 0 Å². The van der Waals surface area contributed by atoms with Gasteiger partial charge in [-0.15, -0.1) is 0 Å². The first kappa shape index (κ1) is 13.2. The molecule has 16 heavy (non-hydrogen) atoms. The fourth-order valence-corrected chi connectivity index (χ4v) is 2.07. The topological polar surface area (TPSA) is 57.5 Å². The van der Waals surface area contributed by atoms with Crippen molar-refractivity contribution in [2.45, 2.75) is 25.9 Å². The van der Waals surface area contributed by atoms with Crippen LogP contribution >= 0.6 is 15.9 Å². The summed E-state index contributed by atoms with van der Waals surface area (Å²) in [6.45, 7) is 1.91. The highest BCUT2D eigenvalue weighted by molar-refractivity contribution is 9.10. The molecule has 4 heteroatoms. The van der Waals surface area contributed by atoms with Crippen molar-refractivity contribution in [3.8, 4) is 0 Å². The second-order valence-corrected chi connectivity index (χ2v) is 4.65. The SMILES string of the molecule is CCCC(C(=O)O)C(O)c1cccc(Br)c1. The van der Waals surface area contributed by atoms with Gasteiger partial charge in [-0.1, -0.05) is 41.4 Å². The summed E-state index contributed by atoms with van der Waals surface area (Å²) < 4.78 is 0.838. The normalized spacial score (nSPS) is 14.4. The van der Waals surface area contributed by atoms with Gasteiger partial charge in [0, 0.05) is 4.47 Å². The Morgan fingerprint density at radius 2 is 2.19 bits per heavy atom. The van der Waals surface area contributed by atoms with E-state index in [9.17, 15) is 9.90 Å². The van der Waals surface area contributed by atoms with E-state index in [1.165, 1.54) is 0 Å². The van der Waals surface area contributed by atoms with Crippen LogP contribution in [0.5, 0.6) is 0 Å². The van der Waals surface area contributed by atoms with E-state index in [0.717, 1.165) is 10.9 Å². The smallest absolute Gasteiger partial charge is 0.309 e. The van der Waals surface area contributed by atoms with Crippen LogP contribution in [0.3, 0.4) is 0 Å². The fourth-order valence-electron chi connectivity index (χ4n) is 1.65. The Hall–Kier alpha value is -0.870. The van der Waals surface area contributed by atoms with Crippen LogP contribution in [0.4, 0.5) is 0 Å². The molecular formula is C12H15BrO3. The third kappa shape index (κ3) is 3.32. The minimum absolute atomic E-state index is 0.475. The van der Waals surface area contributed by atoms with Gasteiger partial charge in [0.2, 0.25) is 0 Å².